The number of nitrogens with two attached hydrogens (primary N) is 2. The highest BCUT2D eigenvalue weighted by Gasteiger charge is 2.18. The van der Waals surface area contributed by atoms with E-state index in [1.165, 1.54) is 6.07 Å². The number of primary amides is 1. The third-order valence-electron chi connectivity index (χ3n) is 2.37. The molecule has 7 nitrogen and oxygen atoms in total. The number of carbonyl (C=O) groups is 1. The highest BCUT2D eigenvalue weighted by molar-refractivity contribution is 7.89. The Morgan fingerprint density at radius 3 is 2.57 bits per heavy atom. The van der Waals surface area contributed by atoms with Gasteiger partial charge in [0.25, 0.3) is 6.43 Å². The first-order chi connectivity index (χ1) is 9.74. The molecule has 1 aromatic carbocycles. The molecule has 0 saturated carbocycles. The number of ether oxygens (including phenoxy) is 1. The minimum Gasteiger partial charge on any atom is -0.398 e. The van der Waals surface area contributed by atoms with Crippen molar-refractivity contribution in [2.45, 2.75) is 11.3 Å². The lowest BCUT2D eigenvalue weighted by atomic mass is 10.2. The molecule has 0 unspecified atom stereocenters. The van der Waals surface area contributed by atoms with E-state index in [4.69, 9.17) is 11.5 Å². The maximum Gasteiger partial charge on any atom is 0.261 e. The van der Waals surface area contributed by atoms with Gasteiger partial charge in [0.15, 0.2) is 0 Å². The molecule has 1 aromatic rings. The summed E-state index contributed by atoms with van der Waals surface area (Å²) in [4.78, 5) is 10.7. The molecule has 1 amide bonds. The fourth-order valence-electron chi connectivity index (χ4n) is 1.44. The second-order valence-corrected chi connectivity index (χ2v) is 5.72. The van der Waals surface area contributed by atoms with Gasteiger partial charge in [0.2, 0.25) is 15.9 Å². The van der Waals surface area contributed by atoms with Gasteiger partial charge in [0, 0.05) is 12.1 Å². The number of carbonyl (C=O) groups excluding carboxylic acids is 1. The Balaban J connectivity index is 2.68. The zero-order valence-corrected chi connectivity index (χ0v) is 11.7. The third-order valence-corrected chi connectivity index (χ3v) is 3.90. The topological polar surface area (TPSA) is 125 Å². The van der Waals surface area contributed by atoms with Crippen LogP contribution < -0.4 is 16.2 Å². The van der Waals surface area contributed by atoms with Gasteiger partial charge in [0.05, 0.1) is 12.3 Å². The average molecular weight is 323 g/mol. The molecule has 0 bridgehead atoms. The Morgan fingerprint density at radius 1 is 1.38 bits per heavy atom. The molecule has 21 heavy (non-hydrogen) atoms. The number of amides is 1. The Kier molecular flexibility index (Phi) is 6.00. The van der Waals surface area contributed by atoms with E-state index in [0.29, 0.717) is 0 Å². The molecular formula is C11H15F2N3O4S. The van der Waals surface area contributed by atoms with Crippen molar-refractivity contribution in [3.05, 3.63) is 23.8 Å². The second-order valence-electron chi connectivity index (χ2n) is 3.98. The number of hydrogen-bond donors (Lipinski definition) is 3. The van der Waals surface area contributed by atoms with E-state index in [9.17, 15) is 22.0 Å². The highest BCUT2D eigenvalue weighted by Crippen LogP contribution is 2.19. The van der Waals surface area contributed by atoms with Crippen LogP contribution in [-0.2, 0) is 14.8 Å². The SMILES string of the molecule is NC(=O)c1ccc(S(=O)(=O)NCCOCC(F)F)c(N)c1. The molecule has 0 saturated heterocycles. The van der Waals surface area contributed by atoms with Gasteiger partial charge in [-0.15, -0.1) is 0 Å². The zero-order chi connectivity index (χ0) is 16.0. The van der Waals surface area contributed by atoms with Crippen LogP contribution >= 0.6 is 0 Å². The minimum absolute atomic E-state index is 0.0757. The van der Waals surface area contributed by atoms with Crippen LogP contribution in [0.1, 0.15) is 10.4 Å². The zero-order valence-electron chi connectivity index (χ0n) is 10.9. The molecule has 0 atom stereocenters. The number of hydrogen-bond acceptors (Lipinski definition) is 5. The standard InChI is InChI=1S/C11H15F2N3O4S/c12-10(13)6-20-4-3-16-21(18,19)9-2-1-7(11(15)17)5-8(9)14/h1-2,5,10,16H,3-4,6,14H2,(H2,15,17). The Morgan fingerprint density at radius 2 is 2.05 bits per heavy atom. The van der Waals surface area contributed by atoms with Gasteiger partial charge in [-0.05, 0) is 18.2 Å². The van der Waals surface area contributed by atoms with Gasteiger partial charge >= 0.3 is 0 Å². The van der Waals surface area contributed by atoms with Gasteiger partial charge < -0.3 is 16.2 Å². The summed E-state index contributed by atoms with van der Waals surface area (Å²) in [5.41, 5.74) is 10.5. The normalized spacial score (nSPS) is 11.8. The first-order valence-corrected chi connectivity index (χ1v) is 7.27. The molecule has 0 heterocycles. The van der Waals surface area contributed by atoms with Crippen LogP contribution in [0.25, 0.3) is 0 Å². The summed E-state index contributed by atoms with van der Waals surface area (Å²) in [5.74, 6) is -0.737. The molecule has 0 fully saturated rings. The summed E-state index contributed by atoms with van der Waals surface area (Å²) < 4.78 is 54.1. The van der Waals surface area contributed by atoms with E-state index in [1.54, 1.807) is 0 Å². The molecule has 5 N–H and O–H groups in total. The largest absolute Gasteiger partial charge is 0.398 e. The first-order valence-electron chi connectivity index (χ1n) is 5.79. The molecule has 118 valence electrons. The van der Waals surface area contributed by atoms with Gasteiger partial charge in [-0.25, -0.2) is 21.9 Å². The Labute approximate surface area is 120 Å². The number of halogens is 2. The van der Waals surface area contributed by atoms with Crippen LogP contribution in [0.2, 0.25) is 0 Å². The van der Waals surface area contributed by atoms with Crippen molar-refractivity contribution in [3.63, 3.8) is 0 Å². The van der Waals surface area contributed by atoms with Crippen LogP contribution in [0.5, 0.6) is 0 Å². The molecule has 0 aliphatic carbocycles. The van der Waals surface area contributed by atoms with Crippen LogP contribution in [0.15, 0.2) is 23.1 Å². The number of nitrogens with one attached hydrogen (secondary N) is 1. The highest BCUT2D eigenvalue weighted by atomic mass is 32.2. The van der Waals surface area contributed by atoms with Crippen LogP contribution in [0, 0.1) is 0 Å². The number of benzene rings is 1. The van der Waals surface area contributed by atoms with Crippen molar-refractivity contribution in [2.75, 3.05) is 25.5 Å². The maximum atomic E-state index is 11.9. The molecule has 0 spiro atoms. The molecule has 0 aliphatic rings. The van der Waals surface area contributed by atoms with Gasteiger partial charge in [-0.2, -0.15) is 0 Å². The molecule has 1 rings (SSSR count). The van der Waals surface area contributed by atoms with Gasteiger partial charge in [-0.1, -0.05) is 0 Å². The number of sulfonamides is 1. The van der Waals surface area contributed by atoms with E-state index in [0.717, 1.165) is 12.1 Å². The van der Waals surface area contributed by atoms with Gasteiger partial charge in [-0.3, -0.25) is 4.79 Å². The van der Waals surface area contributed by atoms with Crippen LogP contribution in [0.3, 0.4) is 0 Å². The molecule has 0 aromatic heterocycles. The number of rotatable bonds is 8. The van der Waals surface area contributed by atoms with Crippen molar-refractivity contribution in [2.24, 2.45) is 5.73 Å². The van der Waals surface area contributed by atoms with Crippen molar-refractivity contribution in [3.8, 4) is 0 Å². The summed E-state index contributed by atoms with van der Waals surface area (Å²) in [5, 5.41) is 0. The lowest BCUT2D eigenvalue weighted by Crippen LogP contribution is -2.28. The monoisotopic (exact) mass is 323 g/mol. The van der Waals surface area contributed by atoms with Crippen molar-refractivity contribution < 1.29 is 26.7 Å². The predicted molar refractivity (Wildman–Crippen MR) is 71.4 cm³/mol. The summed E-state index contributed by atoms with van der Waals surface area (Å²) in [6, 6.07) is 3.50. The lowest BCUT2D eigenvalue weighted by molar-refractivity contribution is 0.0199. The molecular weight excluding hydrogens is 308 g/mol. The van der Waals surface area contributed by atoms with E-state index < -0.39 is 29.0 Å². The summed E-state index contributed by atoms with van der Waals surface area (Å²) in [7, 11) is -3.93. The fourth-order valence-corrected chi connectivity index (χ4v) is 2.57. The summed E-state index contributed by atoms with van der Waals surface area (Å²) in [6.07, 6.45) is -2.61. The predicted octanol–water partition coefficient (Wildman–Crippen LogP) is -0.0723. The summed E-state index contributed by atoms with van der Waals surface area (Å²) in [6.45, 7) is -1.16. The average Bonchev–Trinajstić information content (AvgIpc) is 2.37. The Bertz CT molecular complexity index is 607. The summed E-state index contributed by atoms with van der Waals surface area (Å²) >= 11 is 0. The van der Waals surface area contributed by atoms with Crippen LogP contribution in [0.4, 0.5) is 14.5 Å². The quantitative estimate of drug-likeness (QED) is 0.456. The van der Waals surface area contributed by atoms with Crippen LogP contribution in [-0.4, -0.2) is 40.5 Å². The first kappa shape index (κ1) is 17.3. The van der Waals surface area contributed by atoms with Gasteiger partial charge in [0.1, 0.15) is 11.5 Å². The van der Waals surface area contributed by atoms with E-state index in [2.05, 4.69) is 9.46 Å². The molecule has 0 radical (unpaired) electrons. The number of anilines is 1. The fraction of sp³-hybridized carbons (Fsp3) is 0.364. The number of alkyl halides is 2. The van der Waals surface area contributed by atoms with Crippen molar-refractivity contribution in [1.29, 1.82) is 0 Å². The van der Waals surface area contributed by atoms with Crippen molar-refractivity contribution in [1.82, 2.24) is 4.72 Å². The molecule has 10 heteroatoms. The van der Waals surface area contributed by atoms with E-state index in [1.807, 2.05) is 0 Å². The minimum atomic E-state index is -3.93. The van der Waals surface area contributed by atoms with E-state index >= 15 is 0 Å². The van der Waals surface area contributed by atoms with E-state index in [-0.39, 0.29) is 29.3 Å². The lowest BCUT2D eigenvalue weighted by Gasteiger charge is -2.10. The maximum absolute atomic E-state index is 11.9. The second kappa shape index (κ2) is 7.29. The third kappa shape index (κ3) is 5.25. The Hall–Kier alpha value is -1.78. The smallest absolute Gasteiger partial charge is 0.261 e. The molecule has 0 aliphatic heterocycles. The number of nitrogen functional groups attached to an aromatic ring is 1. The van der Waals surface area contributed by atoms with Crippen molar-refractivity contribution >= 4 is 21.6 Å².